The number of benzene rings is 1. The van der Waals surface area contributed by atoms with Crippen molar-refractivity contribution in [1.82, 2.24) is 15.0 Å². The topological polar surface area (TPSA) is 94.3 Å². The first-order valence-corrected chi connectivity index (χ1v) is 6.07. The van der Waals surface area contributed by atoms with Crippen molar-refractivity contribution in [2.45, 2.75) is 6.92 Å². The van der Waals surface area contributed by atoms with Crippen LogP contribution in [0, 0.1) is 6.92 Å². The fraction of sp³-hybridized carbons (Fsp3) is 0.143. The molecule has 0 spiro atoms. The van der Waals surface area contributed by atoms with Gasteiger partial charge in [-0.3, -0.25) is 0 Å². The van der Waals surface area contributed by atoms with E-state index < -0.39 is 11.9 Å². The molecule has 1 aromatic heterocycles. The second-order valence-electron chi connectivity index (χ2n) is 4.24. The lowest BCUT2D eigenvalue weighted by Crippen LogP contribution is -2.05. The van der Waals surface area contributed by atoms with E-state index in [1.807, 2.05) is 0 Å². The van der Waals surface area contributed by atoms with Gasteiger partial charge in [0.2, 0.25) is 0 Å². The number of ether oxygens (including phenoxy) is 1. The van der Waals surface area contributed by atoms with Crippen LogP contribution in [-0.4, -0.2) is 38.6 Å². The monoisotopic (exact) mass is 287 g/mol. The maximum Gasteiger partial charge on any atom is 0.360 e. The molecule has 0 unspecified atom stereocenters. The number of aromatic carboxylic acids is 1. The van der Waals surface area contributed by atoms with E-state index in [4.69, 9.17) is 9.84 Å². The van der Waals surface area contributed by atoms with Gasteiger partial charge in [-0.25, -0.2) is 14.3 Å². The summed E-state index contributed by atoms with van der Waals surface area (Å²) in [6.07, 6.45) is 2.84. The Morgan fingerprint density at radius 1 is 1.48 bits per heavy atom. The number of esters is 1. The van der Waals surface area contributed by atoms with Crippen LogP contribution in [0.4, 0.5) is 0 Å². The minimum Gasteiger partial charge on any atom is -0.478 e. The number of hydrogen-bond donors (Lipinski definition) is 1. The summed E-state index contributed by atoms with van der Waals surface area (Å²) in [5.41, 5.74) is 1.50. The first-order chi connectivity index (χ1) is 10.0. The predicted molar refractivity (Wildman–Crippen MR) is 73.5 cm³/mol. The van der Waals surface area contributed by atoms with Crippen molar-refractivity contribution in [3.05, 3.63) is 53.9 Å². The normalized spacial score (nSPS) is 10.1. The molecule has 0 aliphatic carbocycles. The Kier molecular flexibility index (Phi) is 4.13. The molecule has 2 aromatic rings. The van der Waals surface area contributed by atoms with Crippen LogP contribution in [0.3, 0.4) is 0 Å². The Bertz CT molecular complexity index is 706. The van der Waals surface area contributed by atoms with Crippen LogP contribution in [0.2, 0.25) is 0 Å². The van der Waals surface area contributed by atoms with Gasteiger partial charge in [-0.05, 0) is 24.6 Å². The van der Waals surface area contributed by atoms with E-state index in [2.05, 4.69) is 16.9 Å². The van der Waals surface area contributed by atoms with Crippen LogP contribution >= 0.6 is 0 Å². The number of hydrogen-bond acceptors (Lipinski definition) is 5. The number of carbonyl (C=O) groups is 2. The second kappa shape index (κ2) is 6.00. The van der Waals surface area contributed by atoms with Gasteiger partial charge in [-0.1, -0.05) is 23.9 Å². The van der Waals surface area contributed by atoms with E-state index in [1.165, 1.54) is 29.1 Å². The van der Waals surface area contributed by atoms with Gasteiger partial charge in [-0.2, -0.15) is 0 Å². The smallest absolute Gasteiger partial charge is 0.360 e. The molecule has 1 aromatic carbocycles. The fourth-order valence-corrected chi connectivity index (χ4v) is 1.67. The van der Waals surface area contributed by atoms with E-state index in [9.17, 15) is 9.59 Å². The van der Waals surface area contributed by atoms with Crippen molar-refractivity contribution in [3.63, 3.8) is 0 Å². The molecule has 2 rings (SSSR count). The zero-order valence-electron chi connectivity index (χ0n) is 11.3. The molecule has 0 amide bonds. The van der Waals surface area contributed by atoms with Crippen LogP contribution in [-0.2, 0) is 4.74 Å². The van der Waals surface area contributed by atoms with Gasteiger partial charge in [0.25, 0.3) is 0 Å². The number of rotatable bonds is 5. The van der Waals surface area contributed by atoms with Crippen molar-refractivity contribution >= 4 is 11.9 Å². The van der Waals surface area contributed by atoms with Gasteiger partial charge in [0.15, 0.2) is 5.69 Å². The summed E-state index contributed by atoms with van der Waals surface area (Å²) in [4.78, 5) is 22.6. The van der Waals surface area contributed by atoms with Gasteiger partial charge < -0.3 is 9.84 Å². The lowest BCUT2D eigenvalue weighted by atomic mass is 10.1. The van der Waals surface area contributed by atoms with E-state index >= 15 is 0 Å². The molecule has 0 fully saturated rings. The molecule has 0 saturated heterocycles. The highest BCUT2D eigenvalue weighted by atomic mass is 16.5. The van der Waals surface area contributed by atoms with Gasteiger partial charge >= 0.3 is 11.9 Å². The van der Waals surface area contributed by atoms with Crippen LogP contribution in [0.5, 0.6) is 0 Å². The molecule has 0 aliphatic heterocycles. The molecule has 7 heteroatoms. The van der Waals surface area contributed by atoms with E-state index in [-0.39, 0.29) is 17.9 Å². The van der Waals surface area contributed by atoms with Crippen molar-refractivity contribution in [2.24, 2.45) is 0 Å². The van der Waals surface area contributed by atoms with Crippen LogP contribution in [0.1, 0.15) is 26.4 Å². The number of nitrogens with zero attached hydrogens (tertiary/aromatic N) is 3. The van der Waals surface area contributed by atoms with E-state index in [0.717, 1.165) is 5.56 Å². The molecule has 108 valence electrons. The number of carbonyl (C=O) groups excluding carboxylic acids is 1. The fourth-order valence-electron chi connectivity index (χ4n) is 1.67. The Hall–Kier alpha value is -2.96. The van der Waals surface area contributed by atoms with Crippen molar-refractivity contribution in [1.29, 1.82) is 0 Å². The number of aryl methyl sites for hydroxylation is 1. The molecular weight excluding hydrogens is 274 g/mol. The van der Waals surface area contributed by atoms with Crippen LogP contribution in [0.15, 0.2) is 37.1 Å². The largest absolute Gasteiger partial charge is 0.478 e. The molecule has 0 radical (unpaired) electrons. The molecule has 0 aliphatic rings. The highest BCUT2D eigenvalue weighted by Gasteiger charge is 2.14. The average molecular weight is 287 g/mol. The molecule has 1 N–H and O–H groups in total. The maximum absolute atomic E-state index is 11.6. The first kappa shape index (κ1) is 14.4. The number of carboxylic acid groups (broad SMARTS) is 1. The first-order valence-electron chi connectivity index (χ1n) is 6.07. The summed E-state index contributed by atoms with van der Waals surface area (Å²) in [6, 6.07) is 4.62. The summed E-state index contributed by atoms with van der Waals surface area (Å²) < 4.78 is 6.19. The zero-order valence-corrected chi connectivity index (χ0v) is 11.3. The van der Waals surface area contributed by atoms with E-state index in [0.29, 0.717) is 5.69 Å². The Morgan fingerprint density at radius 2 is 2.24 bits per heavy atom. The van der Waals surface area contributed by atoms with E-state index in [1.54, 1.807) is 13.0 Å². The Labute approximate surface area is 120 Å². The molecule has 21 heavy (non-hydrogen) atoms. The lowest BCUT2D eigenvalue weighted by molar-refractivity contribution is 0.0542. The third-order valence-electron chi connectivity index (χ3n) is 2.74. The predicted octanol–water partition coefficient (Wildman–Crippen LogP) is 1.62. The van der Waals surface area contributed by atoms with Crippen molar-refractivity contribution in [2.75, 3.05) is 6.61 Å². The molecule has 1 heterocycles. The minimum atomic E-state index is -1.04. The third-order valence-corrected chi connectivity index (χ3v) is 2.74. The summed E-state index contributed by atoms with van der Waals surface area (Å²) in [7, 11) is 0. The summed E-state index contributed by atoms with van der Waals surface area (Å²) in [5.74, 6) is -1.66. The molecule has 0 bridgehead atoms. The zero-order chi connectivity index (χ0) is 15.4. The second-order valence-corrected chi connectivity index (χ2v) is 4.24. The molecular formula is C14H13N3O4. The SMILES string of the molecule is C=CCOC(=O)c1cn(-c2cc(C(=O)O)ccc2C)nn1. The summed E-state index contributed by atoms with van der Waals surface area (Å²) >= 11 is 0. The maximum atomic E-state index is 11.6. The number of carboxylic acids is 1. The van der Waals surface area contributed by atoms with Crippen molar-refractivity contribution in [3.8, 4) is 5.69 Å². The molecule has 0 atom stereocenters. The standard InChI is InChI=1S/C14H13N3O4/c1-3-6-21-14(20)11-8-17(16-15-11)12-7-10(13(18)19)5-4-9(12)2/h3-5,7-8H,1,6H2,2H3,(H,18,19). The van der Waals surface area contributed by atoms with Gasteiger partial charge in [0, 0.05) is 0 Å². The van der Waals surface area contributed by atoms with Gasteiger partial charge in [0.1, 0.15) is 6.61 Å². The van der Waals surface area contributed by atoms with Gasteiger partial charge in [-0.15, -0.1) is 5.10 Å². The van der Waals surface area contributed by atoms with Gasteiger partial charge in [0.05, 0.1) is 17.4 Å². The summed E-state index contributed by atoms with van der Waals surface area (Å²) in [6.45, 7) is 5.33. The Morgan fingerprint density at radius 3 is 2.90 bits per heavy atom. The molecule has 7 nitrogen and oxygen atoms in total. The minimum absolute atomic E-state index is 0.0389. The summed E-state index contributed by atoms with van der Waals surface area (Å²) in [5, 5.41) is 16.6. The number of aromatic nitrogens is 3. The highest BCUT2D eigenvalue weighted by molar-refractivity contribution is 5.89. The Balaban J connectivity index is 2.33. The third kappa shape index (κ3) is 3.14. The quantitative estimate of drug-likeness (QED) is 0.663. The van der Waals surface area contributed by atoms with Crippen LogP contribution in [0.25, 0.3) is 5.69 Å². The highest BCUT2D eigenvalue weighted by Crippen LogP contribution is 2.16. The lowest BCUT2D eigenvalue weighted by Gasteiger charge is -2.05. The van der Waals surface area contributed by atoms with Crippen molar-refractivity contribution < 1.29 is 19.4 Å². The molecule has 0 saturated carbocycles. The van der Waals surface area contributed by atoms with Crippen LogP contribution < -0.4 is 0 Å². The average Bonchev–Trinajstić information content (AvgIpc) is 2.94.